The molecule has 0 N–H and O–H groups in total. The van der Waals surface area contributed by atoms with Crippen molar-refractivity contribution in [1.29, 1.82) is 0 Å². The van der Waals surface area contributed by atoms with Crippen LogP contribution in [0.4, 0.5) is 0 Å². The molecule has 1 aliphatic rings. The molecule has 1 nitrogen and oxygen atoms in total. The molecule has 1 aromatic carbocycles. The summed E-state index contributed by atoms with van der Waals surface area (Å²) in [4.78, 5) is 2.64. The van der Waals surface area contributed by atoms with Crippen LogP contribution in [0.15, 0.2) is 30.3 Å². The van der Waals surface area contributed by atoms with E-state index in [1.165, 1.54) is 50.8 Å². The van der Waals surface area contributed by atoms with Crippen LogP contribution in [0.1, 0.15) is 44.6 Å². The van der Waals surface area contributed by atoms with Gasteiger partial charge in [-0.2, -0.15) is 0 Å². The summed E-state index contributed by atoms with van der Waals surface area (Å²) in [5, 5.41) is 0. The summed E-state index contributed by atoms with van der Waals surface area (Å²) in [5.41, 5.74) is 1.46. The zero-order chi connectivity index (χ0) is 11.9. The molecule has 0 amide bonds. The fourth-order valence-electron chi connectivity index (χ4n) is 2.86. The Morgan fingerprint density at radius 1 is 1.24 bits per heavy atom. The molecule has 1 aromatic rings. The highest BCUT2D eigenvalue weighted by molar-refractivity contribution is 5.14. The third kappa shape index (κ3) is 4.16. The van der Waals surface area contributed by atoms with Crippen molar-refractivity contribution in [2.24, 2.45) is 5.92 Å². The van der Waals surface area contributed by atoms with E-state index in [0.717, 1.165) is 12.5 Å². The summed E-state index contributed by atoms with van der Waals surface area (Å²) in [6.45, 7) is 6.04. The number of hydrogen-bond donors (Lipinski definition) is 0. The van der Waals surface area contributed by atoms with Gasteiger partial charge in [0.15, 0.2) is 0 Å². The van der Waals surface area contributed by atoms with Gasteiger partial charge in [-0.25, -0.2) is 0 Å². The van der Waals surface area contributed by atoms with Crippen LogP contribution in [0.2, 0.25) is 0 Å². The van der Waals surface area contributed by atoms with Gasteiger partial charge in [-0.3, -0.25) is 4.90 Å². The van der Waals surface area contributed by atoms with E-state index in [1.54, 1.807) is 0 Å². The van der Waals surface area contributed by atoms with Gasteiger partial charge < -0.3 is 0 Å². The number of benzene rings is 1. The number of rotatable bonds is 5. The lowest BCUT2D eigenvalue weighted by Gasteiger charge is -2.32. The second-order valence-electron chi connectivity index (χ2n) is 5.37. The topological polar surface area (TPSA) is 3.24 Å². The minimum absolute atomic E-state index is 0.951. The Kier molecular flexibility index (Phi) is 5.06. The van der Waals surface area contributed by atoms with Gasteiger partial charge in [0.1, 0.15) is 0 Å². The average molecular weight is 231 g/mol. The molecule has 0 radical (unpaired) electrons. The molecule has 2 rings (SSSR count). The van der Waals surface area contributed by atoms with Gasteiger partial charge in [0.2, 0.25) is 0 Å². The van der Waals surface area contributed by atoms with Gasteiger partial charge in [0.25, 0.3) is 0 Å². The quantitative estimate of drug-likeness (QED) is 0.738. The molecule has 94 valence electrons. The van der Waals surface area contributed by atoms with Crippen molar-refractivity contribution in [3.63, 3.8) is 0 Å². The zero-order valence-corrected chi connectivity index (χ0v) is 11.1. The standard InChI is InChI=1S/C16H25N/c1-2-3-8-15-11-7-12-17(13-15)14-16-9-5-4-6-10-16/h4-6,9-10,15H,2-3,7-8,11-14H2,1H3. The highest BCUT2D eigenvalue weighted by atomic mass is 15.1. The highest BCUT2D eigenvalue weighted by Gasteiger charge is 2.19. The van der Waals surface area contributed by atoms with Crippen LogP contribution < -0.4 is 0 Å². The molecular formula is C16H25N. The smallest absolute Gasteiger partial charge is 0.0233 e. The maximum absolute atomic E-state index is 2.64. The van der Waals surface area contributed by atoms with Gasteiger partial charge in [-0.15, -0.1) is 0 Å². The second-order valence-corrected chi connectivity index (χ2v) is 5.37. The van der Waals surface area contributed by atoms with E-state index in [-0.39, 0.29) is 0 Å². The Morgan fingerprint density at radius 3 is 2.82 bits per heavy atom. The van der Waals surface area contributed by atoms with Crippen molar-refractivity contribution in [1.82, 2.24) is 4.90 Å². The van der Waals surface area contributed by atoms with Crippen LogP contribution in [0, 0.1) is 5.92 Å². The molecule has 1 atom stereocenters. The Labute approximate surface area is 106 Å². The normalized spacial score (nSPS) is 21.6. The predicted octanol–water partition coefficient (Wildman–Crippen LogP) is 4.09. The van der Waals surface area contributed by atoms with Crippen molar-refractivity contribution >= 4 is 0 Å². The van der Waals surface area contributed by atoms with E-state index >= 15 is 0 Å². The lowest BCUT2D eigenvalue weighted by Crippen LogP contribution is -2.34. The summed E-state index contributed by atoms with van der Waals surface area (Å²) < 4.78 is 0. The van der Waals surface area contributed by atoms with E-state index in [1.807, 2.05) is 0 Å². The minimum Gasteiger partial charge on any atom is -0.299 e. The summed E-state index contributed by atoms with van der Waals surface area (Å²) in [5.74, 6) is 0.951. The number of piperidine rings is 1. The summed E-state index contributed by atoms with van der Waals surface area (Å²) >= 11 is 0. The molecule has 0 aromatic heterocycles. The molecule has 1 heteroatoms. The fraction of sp³-hybridized carbons (Fsp3) is 0.625. The molecule has 0 saturated carbocycles. The molecule has 1 unspecified atom stereocenters. The van der Waals surface area contributed by atoms with Crippen LogP contribution in [0.3, 0.4) is 0 Å². The van der Waals surface area contributed by atoms with Crippen molar-refractivity contribution in [3.8, 4) is 0 Å². The van der Waals surface area contributed by atoms with E-state index in [0.29, 0.717) is 0 Å². The van der Waals surface area contributed by atoms with E-state index in [2.05, 4.69) is 42.2 Å². The third-order valence-corrected chi connectivity index (χ3v) is 3.82. The van der Waals surface area contributed by atoms with Gasteiger partial charge in [-0.05, 0) is 37.3 Å². The maximum Gasteiger partial charge on any atom is 0.0233 e. The summed E-state index contributed by atoms with van der Waals surface area (Å²) in [7, 11) is 0. The molecule has 0 spiro atoms. The van der Waals surface area contributed by atoms with Crippen LogP contribution in [0.25, 0.3) is 0 Å². The van der Waals surface area contributed by atoms with Gasteiger partial charge in [0, 0.05) is 13.1 Å². The molecule has 17 heavy (non-hydrogen) atoms. The fourth-order valence-corrected chi connectivity index (χ4v) is 2.86. The Hall–Kier alpha value is -0.820. The van der Waals surface area contributed by atoms with E-state index < -0.39 is 0 Å². The molecule has 0 aliphatic carbocycles. The number of nitrogens with zero attached hydrogens (tertiary/aromatic N) is 1. The molecular weight excluding hydrogens is 206 g/mol. The van der Waals surface area contributed by atoms with Crippen molar-refractivity contribution < 1.29 is 0 Å². The Bertz CT molecular complexity index is 307. The van der Waals surface area contributed by atoms with E-state index in [9.17, 15) is 0 Å². The molecule has 1 aliphatic heterocycles. The molecule has 1 heterocycles. The zero-order valence-electron chi connectivity index (χ0n) is 11.1. The summed E-state index contributed by atoms with van der Waals surface area (Å²) in [6, 6.07) is 10.9. The minimum atomic E-state index is 0.951. The monoisotopic (exact) mass is 231 g/mol. The maximum atomic E-state index is 2.64. The van der Waals surface area contributed by atoms with Gasteiger partial charge >= 0.3 is 0 Å². The first-order chi connectivity index (χ1) is 8.38. The first kappa shape index (κ1) is 12.6. The molecule has 1 saturated heterocycles. The average Bonchev–Trinajstić information content (AvgIpc) is 2.38. The van der Waals surface area contributed by atoms with Crippen LogP contribution in [0.5, 0.6) is 0 Å². The highest BCUT2D eigenvalue weighted by Crippen LogP contribution is 2.22. The van der Waals surface area contributed by atoms with Crippen LogP contribution in [-0.2, 0) is 6.54 Å². The Morgan fingerprint density at radius 2 is 2.06 bits per heavy atom. The first-order valence-corrected chi connectivity index (χ1v) is 7.14. The number of likely N-dealkylation sites (tertiary alicyclic amines) is 1. The lowest BCUT2D eigenvalue weighted by molar-refractivity contribution is 0.160. The van der Waals surface area contributed by atoms with Gasteiger partial charge in [-0.1, -0.05) is 50.1 Å². The number of unbranched alkanes of at least 4 members (excludes halogenated alkanes) is 1. The summed E-state index contributed by atoms with van der Waals surface area (Å²) in [6.07, 6.45) is 7.02. The first-order valence-electron chi connectivity index (χ1n) is 7.14. The lowest BCUT2D eigenvalue weighted by atomic mass is 9.92. The van der Waals surface area contributed by atoms with E-state index in [4.69, 9.17) is 0 Å². The van der Waals surface area contributed by atoms with Crippen molar-refractivity contribution in [3.05, 3.63) is 35.9 Å². The molecule has 1 fully saturated rings. The SMILES string of the molecule is CCCCC1CCCN(Cc2ccccc2)C1. The Balaban J connectivity index is 1.81. The van der Waals surface area contributed by atoms with Crippen molar-refractivity contribution in [2.75, 3.05) is 13.1 Å². The van der Waals surface area contributed by atoms with Crippen molar-refractivity contribution in [2.45, 2.75) is 45.6 Å². The van der Waals surface area contributed by atoms with Crippen LogP contribution >= 0.6 is 0 Å². The van der Waals surface area contributed by atoms with Crippen LogP contribution in [-0.4, -0.2) is 18.0 Å². The molecule has 0 bridgehead atoms. The van der Waals surface area contributed by atoms with Gasteiger partial charge in [0.05, 0.1) is 0 Å². The predicted molar refractivity (Wildman–Crippen MR) is 74.0 cm³/mol. The third-order valence-electron chi connectivity index (χ3n) is 3.82. The largest absolute Gasteiger partial charge is 0.299 e. The number of hydrogen-bond acceptors (Lipinski definition) is 1. The second kappa shape index (κ2) is 6.80.